The molecule has 0 aromatic heterocycles. The van der Waals surface area contributed by atoms with Gasteiger partial charge in [0.2, 0.25) is 5.91 Å². The van der Waals surface area contributed by atoms with Gasteiger partial charge in [0, 0.05) is 16.5 Å². The second kappa shape index (κ2) is 7.75. The van der Waals surface area contributed by atoms with Crippen molar-refractivity contribution in [2.75, 3.05) is 5.75 Å². The van der Waals surface area contributed by atoms with Crippen LogP contribution in [-0.2, 0) is 17.5 Å². The maximum absolute atomic E-state index is 12.6. The van der Waals surface area contributed by atoms with E-state index in [1.54, 1.807) is 24.3 Å². The number of carbonyl (C=O) groups is 1. The van der Waals surface area contributed by atoms with E-state index >= 15 is 0 Å². The monoisotopic (exact) mass is 359 g/mol. The van der Waals surface area contributed by atoms with Gasteiger partial charge < -0.3 is 5.32 Å². The zero-order chi connectivity index (χ0) is 16.9. The SMILES string of the molecule is O=C(CSc1cccc(C(F)(F)F)c1)NCc1ccccc1Cl. The average Bonchev–Trinajstić information content (AvgIpc) is 2.51. The lowest BCUT2D eigenvalue weighted by Gasteiger charge is -2.09. The standard InChI is InChI=1S/C16H13ClF3NOS/c17-14-7-2-1-4-11(14)9-21-15(22)10-23-13-6-3-5-12(8-13)16(18,19)20/h1-8H,9-10H2,(H,21,22). The summed E-state index contributed by atoms with van der Waals surface area (Å²) in [5.41, 5.74) is 0.0607. The molecule has 0 saturated carbocycles. The molecule has 0 atom stereocenters. The van der Waals surface area contributed by atoms with Crippen LogP contribution in [0.4, 0.5) is 13.2 Å². The summed E-state index contributed by atoms with van der Waals surface area (Å²) in [5, 5.41) is 3.24. The molecule has 0 fully saturated rings. The Morgan fingerprint density at radius 1 is 1.13 bits per heavy atom. The van der Waals surface area contributed by atoms with Crippen LogP contribution in [-0.4, -0.2) is 11.7 Å². The molecule has 23 heavy (non-hydrogen) atoms. The van der Waals surface area contributed by atoms with Gasteiger partial charge in [0.25, 0.3) is 0 Å². The summed E-state index contributed by atoms with van der Waals surface area (Å²) in [5.74, 6) is -0.237. The molecule has 7 heteroatoms. The van der Waals surface area contributed by atoms with E-state index in [1.807, 2.05) is 6.07 Å². The second-order valence-electron chi connectivity index (χ2n) is 4.68. The second-order valence-corrected chi connectivity index (χ2v) is 6.14. The Morgan fingerprint density at radius 3 is 2.57 bits per heavy atom. The fourth-order valence-electron chi connectivity index (χ4n) is 1.80. The van der Waals surface area contributed by atoms with Gasteiger partial charge in [-0.1, -0.05) is 35.9 Å². The molecule has 0 unspecified atom stereocenters. The van der Waals surface area contributed by atoms with Crippen LogP contribution in [0.1, 0.15) is 11.1 Å². The van der Waals surface area contributed by atoms with Crippen molar-refractivity contribution < 1.29 is 18.0 Å². The number of hydrogen-bond donors (Lipinski definition) is 1. The van der Waals surface area contributed by atoms with Gasteiger partial charge >= 0.3 is 6.18 Å². The lowest BCUT2D eigenvalue weighted by Crippen LogP contribution is -2.24. The minimum Gasteiger partial charge on any atom is -0.351 e. The Morgan fingerprint density at radius 2 is 1.87 bits per heavy atom. The molecule has 0 aliphatic carbocycles. The summed E-state index contributed by atoms with van der Waals surface area (Å²) >= 11 is 7.03. The molecular weight excluding hydrogens is 347 g/mol. The largest absolute Gasteiger partial charge is 0.416 e. The quantitative estimate of drug-likeness (QED) is 0.779. The molecule has 2 aromatic rings. The van der Waals surface area contributed by atoms with Gasteiger partial charge in [0.15, 0.2) is 0 Å². The fourth-order valence-corrected chi connectivity index (χ4v) is 2.79. The smallest absolute Gasteiger partial charge is 0.351 e. The van der Waals surface area contributed by atoms with Crippen molar-refractivity contribution in [3.63, 3.8) is 0 Å². The van der Waals surface area contributed by atoms with Gasteiger partial charge in [-0.05, 0) is 29.8 Å². The van der Waals surface area contributed by atoms with Crippen molar-refractivity contribution >= 4 is 29.3 Å². The highest BCUT2D eigenvalue weighted by atomic mass is 35.5. The molecule has 0 spiro atoms. The zero-order valence-corrected chi connectivity index (χ0v) is 13.4. The van der Waals surface area contributed by atoms with E-state index in [0.717, 1.165) is 29.5 Å². The van der Waals surface area contributed by atoms with Crippen LogP contribution in [0.2, 0.25) is 5.02 Å². The van der Waals surface area contributed by atoms with Crippen molar-refractivity contribution in [1.82, 2.24) is 5.32 Å². The van der Waals surface area contributed by atoms with Crippen LogP contribution < -0.4 is 5.32 Å². The minimum absolute atomic E-state index is 0.0335. The Hall–Kier alpha value is -1.66. The third kappa shape index (κ3) is 5.48. The summed E-state index contributed by atoms with van der Waals surface area (Å²) in [6, 6.07) is 12.0. The molecule has 2 rings (SSSR count). The van der Waals surface area contributed by atoms with Crippen LogP contribution in [0.5, 0.6) is 0 Å². The van der Waals surface area contributed by atoms with Crippen LogP contribution in [0.25, 0.3) is 0 Å². The summed E-state index contributed by atoms with van der Waals surface area (Å²) < 4.78 is 37.8. The Balaban J connectivity index is 1.86. The predicted molar refractivity (Wildman–Crippen MR) is 85.5 cm³/mol. The van der Waals surface area contributed by atoms with E-state index in [1.165, 1.54) is 6.07 Å². The first-order chi connectivity index (χ1) is 10.9. The average molecular weight is 360 g/mol. The number of alkyl halides is 3. The van der Waals surface area contributed by atoms with Gasteiger partial charge in [0.05, 0.1) is 11.3 Å². The molecule has 1 amide bonds. The molecule has 2 aromatic carbocycles. The number of rotatable bonds is 5. The Labute approximate surface area is 141 Å². The summed E-state index contributed by atoms with van der Waals surface area (Å²) in [6.45, 7) is 0.279. The Bertz CT molecular complexity index is 691. The molecule has 0 radical (unpaired) electrons. The van der Waals surface area contributed by atoms with Crippen LogP contribution in [0.3, 0.4) is 0 Å². The third-order valence-electron chi connectivity index (χ3n) is 2.97. The minimum atomic E-state index is -4.39. The molecule has 0 aliphatic heterocycles. The van der Waals surface area contributed by atoms with Crippen molar-refractivity contribution in [1.29, 1.82) is 0 Å². The highest BCUT2D eigenvalue weighted by Gasteiger charge is 2.30. The van der Waals surface area contributed by atoms with Crippen LogP contribution >= 0.6 is 23.4 Å². The fraction of sp³-hybridized carbons (Fsp3) is 0.188. The van der Waals surface area contributed by atoms with Crippen molar-refractivity contribution in [2.24, 2.45) is 0 Å². The molecule has 1 N–H and O–H groups in total. The number of hydrogen-bond acceptors (Lipinski definition) is 2. The number of nitrogens with one attached hydrogen (secondary N) is 1. The van der Waals surface area contributed by atoms with Gasteiger partial charge in [-0.3, -0.25) is 4.79 Å². The van der Waals surface area contributed by atoms with Crippen molar-refractivity contribution in [3.8, 4) is 0 Å². The van der Waals surface area contributed by atoms with E-state index in [2.05, 4.69) is 5.32 Å². The molecule has 0 aliphatic rings. The third-order valence-corrected chi connectivity index (χ3v) is 4.33. The zero-order valence-electron chi connectivity index (χ0n) is 11.9. The number of halogens is 4. The molecule has 0 saturated heterocycles. The first-order valence-corrected chi connectivity index (χ1v) is 8.03. The molecule has 122 valence electrons. The van der Waals surface area contributed by atoms with Gasteiger partial charge in [-0.15, -0.1) is 11.8 Å². The van der Waals surface area contributed by atoms with E-state index in [4.69, 9.17) is 11.6 Å². The van der Waals surface area contributed by atoms with E-state index in [0.29, 0.717) is 9.92 Å². The summed E-state index contributed by atoms with van der Waals surface area (Å²) in [6.07, 6.45) is -4.39. The predicted octanol–water partition coefficient (Wildman–Crippen LogP) is 4.77. The lowest BCUT2D eigenvalue weighted by atomic mass is 10.2. The van der Waals surface area contributed by atoms with E-state index in [9.17, 15) is 18.0 Å². The highest BCUT2D eigenvalue weighted by molar-refractivity contribution is 8.00. The molecular formula is C16H13ClF3NOS. The van der Waals surface area contributed by atoms with E-state index < -0.39 is 11.7 Å². The number of carbonyl (C=O) groups excluding carboxylic acids is 1. The van der Waals surface area contributed by atoms with Crippen molar-refractivity contribution in [2.45, 2.75) is 17.6 Å². The van der Waals surface area contributed by atoms with E-state index in [-0.39, 0.29) is 18.2 Å². The molecule has 0 heterocycles. The first-order valence-electron chi connectivity index (χ1n) is 6.66. The van der Waals surface area contributed by atoms with Gasteiger partial charge in [0.1, 0.15) is 0 Å². The van der Waals surface area contributed by atoms with Gasteiger partial charge in [-0.2, -0.15) is 13.2 Å². The first kappa shape index (κ1) is 17.7. The summed E-state index contributed by atoms with van der Waals surface area (Å²) in [4.78, 5) is 12.2. The topological polar surface area (TPSA) is 29.1 Å². The highest BCUT2D eigenvalue weighted by Crippen LogP contribution is 2.31. The molecule has 0 bridgehead atoms. The summed E-state index contributed by atoms with van der Waals surface area (Å²) in [7, 11) is 0. The van der Waals surface area contributed by atoms with Crippen molar-refractivity contribution in [3.05, 3.63) is 64.7 Å². The number of thioether (sulfide) groups is 1. The van der Waals surface area contributed by atoms with Crippen LogP contribution in [0.15, 0.2) is 53.4 Å². The van der Waals surface area contributed by atoms with Gasteiger partial charge in [-0.25, -0.2) is 0 Å². The number of benzene rings is 2. The molecule has 2 nitrogen and oxygen atoms in total. The maximum atomic E-state index is 12.6. The Kier molecular flexibility index (Phi) is 5.96. The normalized spacial score (nSPS) is 11.3. The van der Waals surface area contributed by atoms with Crippen LogP contribution in [0, 0.1) is 0 Å². The maximum Gasteiger partial charge on any atom is 0.416 e. The lowest BCUT2D eigenvalue weighted by molar-refractivity contribution is -0.137. The number of amides is 1.